The third-order valence-corrected chi connectivity index (χ3v) is 7.64. The number of nitrogens with zero attached hydrogens (tertiary/aromatic N) is 2. The predicted octanol–water partition coefficient (Wildman–Crippen LogP) is 1.98. The van der Waals surface area contributed by atoms with E-state index in [-0.39, 0.29) is 23.6 Å². The van der Waals surface area contributed by atoms with Gasteiger partial charge in [0.2, 0.25) is 15.9 Å². The van der Waals surface area contributed by atoms with Crippen molar-refractivity contribution in [3.05, 3.63) is 24.2 Å². The van der Waals surface area contributed by atoms with E-state index in [1.54, 1.807) is 13.2 Å². The summed E-state index contributed by atoms with van der Waals surface area (Å²) in [7, 11) is -3.16. The molecule has 7 nitrogen and oxygen atoms in total. The van der Waals surface area contributed by atoms with Crippen LogP contribution in [0.3, 0.4) is 0 Å². The molecule has 152 valence electrons. The Bertz CT molecular complexity index is 691. The molecule has 1 aromatic rings. The maximum absolute atomic E-state index is 12.7. The van der Waals surface area contributed by atoms with E-state index in [0.717, 1.165) is 18.8 Å². The fourth-order valence-electron chi connectivity index (χ4n) is 4.04. The predicted molar refractivity (Wildman–Crippen MR) is 104 cm³/mol. The number of rotatable bonds is 7. The highest BCUT2D eigenvalue weighted by Crippen LogP contribution is 2.25. The van der Waals surface area contributed by atoms with Crippen LogP contribution < -0.4 is 5.32 Å². The average molecular weight is 398 g/mol. The SMILES string of the molecule is CCS(=O)(=O)N1CCC(C(=O)NCC(c2ccco2)N2CCCCC2)CC1. The smallest absolute Gasteiger partial charge is 0.223 e. The van der Waals surface area contributed by atoms with Gasteiger partial charge < -0.3 is 9.73 Å². The number of carbonyl (C=O) groups excluding carboxylic acids is 1. The molecule has 2 saturated heterocycles. The van der Waals surface area contributed by atoms with E-state index in [1.807, 2.05) is 12.1 Å². The molecular weight excluding hydrogens is 366 g/mol. The molecule has 1 N–H and O–H groups in total. The fraction of sp³-hybridized carbons (Fsp3) is 0.737. The van der Waals surface area contributed by atoms with E-state index in [4.69, 9.17) is 4.42 Å². The van der Waals surface area contributed by atoms with Crippen LogP contribution in [0.2, 0.25) is 0 Å². The zero-order valence-electron chi connectivity index (χ0n) is 16.1. The van der Waals surface area contributed by atoms with Crippen LogP contribution in [0.25, 0.3) is 0 Å². The molecule has 0 aliphatic carbocycles. The van der Waals surface area contributed by atoms with Crippen LogP contribution in [0, 0.1) is 5.92 Å². The van der Waals surface area contributed by atoms with Crippen molar-refractivity contribution in [3.63, 3.8) is 0 Å². The number of sulfonamides is 1. The lowest BCUT2D eigenvalue weighted by molar-refractivity contribution is -0.126. The normalized spacial score (nSPS) is 21.8. The van der Waals surface area contributed by atoms with Crippen LogP contribution in [-0.4, -0.2) is 62.0 Å². The van der Waals surface area contributed by atoms with Crippen molar-refractivity contribution in [1.82, 2.24) is 14.5 Å². The summed E-state index contributed by atoms with van der Waals surface area (Å²) in [5, 5.41) is 3.10. The van der Waals surface area contributed by atoms with Crippen molar-refractivity contribution in [1.29, 1.82) is 0 Å². The molecule has 2 fully saturated rings. The van der Waals surface area contributed by atoms with E-state index >= 15 is 0 Å². The molecule has 2 aliphatic rings. The molecule has 0 saturated carbocycles. The van der Waals surface area contributed by atoms with Gasteiger partial charge in [-0.2, -0.15) is 0 Å². The number of hydrogen-bond acceptors (Lipinski definition) is 5. The molecule has 0 radical (unpaired) electrons. The Morgan fingerprint density at radius 2 is 1.93 bits per heavy atom. The molecular formula is C19H31N3O4S. The highest BCUT2D eigenvalue weighted by atomic mass is 32.2. The second kappa shape index (κ2) is 9.21. The fourth-order valence-corrected chi connectivity index (χ4v) is 5.17. The van der Waals surface area contributed by atoms with Gasteiger partial charge in [0.25, 0.3) is 0 Å². The highest BCUT2D eigenvalue weighted by molar-refractivity contribution is 7.89. The van der Waals surface area contributed by atoms with Gasteiger partial charge in [-0.3, -0.25) is 9.69 Å². The Labute approximate surface area is 162 Å². The average Bonchev–Trinajstić information content (AvgIpc) is 3.23. The molecule has 0 aromatic carbocycles. The maximum atomic E-state index is 12.7. The zero-order valence-corrected chi connectivity index (χ0v) is 16.9. The van der Waals surface area contributed by atoms with E-state index in [2.05, 4.69) is 10.2 Å². The third-order valence-electron chi connectivity index (χ3n) is 5.76. The van der Waals surface area contributed by atoms with Crippen LogP contribution in [0.5, 0.6) is 0 Å². The van der Waals surface area contributed by atoms with Gasteiger partial charge in [-0.1, -0.05) is 6.42 Å². The first kappa shape index (κ1) is 20.4. The molecule has 3 rings (SSSR count). The van der Waals surface area contributed by atoms with Crippen molar-refractivity contribution >= 4 is 15.9 Å². The van der Waals surface area contributed by atoms with E-state index in [9.17, 15) is 13.2 Å². The van der Waals surface area contributed by atoms with Crippen LogP contribution in [0.1, 0.15) is 50.8 Å². The molecule has 8 heteroatoms. The summed E-state index contributed by atoms with van der Waals surface area (Å²) in [6.45, 7) is 5.09. The molecule has 0 bridgehead atoms. The van der Waals surface area contributed by atoms with Crippen LogP contribution in [0.15, 0.2) is 22.8 Å². The molecule has 0 spiro atoms. The Morgan fingerprint density at radius 3 is 2.52 bits per heavy atom. The summed E-state index contributed by atoms with van der Waals surface area (Å²) in [6.07, 6.45) is 6.45. The van der Waals surface area contributed by atoms with Gasteiger partial charge in [-0.15, -0.1) is 0 Å². The summed E-state index contributed by atoms with van der Waals surface area (Å²) >= 11 is 0. The van der Waals surface area contributed by atoms with E-state index in [0.29, 0.717) is 32.5 Å². The maximum Gasteiger partial charge on any atom is 0.223 e. The second-order valence-corrected chi connectivity index (χ2v) is 9.70. The standard InChI is InChI=1S/C19H31N3O4S/c1-2-27(24,25)22-12-8-16(9-13-22)19(23)20-15-17(18-7-6-14-26-18)21-10-4-3-5-11-21/h6-7,14,16-17H,2-5,8-13,15H2,1H3,(H,20,23). The Morgan fingerprint density at radius 1 is 1.22 bits per heavy atom. The summed E-state index contributed by atoms with van der Waals surface area (Å²) in [6, 6.07) is 3.92. The van der Waals surface area contributed by atoms with Crippen molar-refractivity contribution in [2.75, 3.05) is 38.5 Å². The molecule has 1 amide bonds. The van der Waals surface area contributed by atoms with E-state index < -0.39 is 10.0 Å². The molecule has 2 aliphatic heterocycles. The number of hydrogen-bond donors (Lipinski definition) is 1. The number of furan rings is 1. The Balaban J connectivity index is 1.54. The quantitative estimate of drug-likeness (QED) is 0.761. The first-order chi connectivity index (χ1) is 13.0. The lowest BCUT2D eigenvalue weighted by Gasteiger charge is -2.34. The van der Waals surface area contributed by atoms with Gasteiger partial charge in [0.1, 0.15) is 5.76 Å². The number of carbonyl (C=O) groups is 1. The zero-order chi connectivity index (χ0) is 19.3. The number of nitrogens with one attached hydrogen (secondary N) is 1. The molecule has 27 heavy (non-hydrogen) atoms. The monoisotopic (exact) mass is 397 g/mol. The Kier molecular flexibility index (Phi) is 6.94. The van der Waals surface area contributed by atoms with Crippen molar-refractivity contribution < 1.29 is 17.6 Å². The topological polar surface area (TPSA) is 82.9 Å². The van der Waals surface area contributed by atoms with Gasteiger partial charge in [-0.25, -0.2) is 12.7 Å². The van der Waals surface area contributed by atoms with Crippen LogP contribution >= 0.6 is 0 Å². The van der Waals surface area contributed by atoms with Crippen LogP contribution in [-0.2, 0) is 14.8 Å². The number of piperidine rings is 2. The second-order valence-electron chi connectivity index (χ2n) is 7.45. The van der Waals surface area contributed by atoms with Crippen molar-refractivity contribution in [3.8, 4) is 0 Å². The molecule has 1 unspecified atom stereocenters. The summed E-state index contributed by atoms with van der Waals surface area (Å²) in [5.74, 6) is 0.912. The molecule has 1 atom stereocenters. The van der Waals surface area contributed by atoms with Gasteiger partial charge in [0.05, 0.1) is 18.1 Å². The lowest BCUT2D eigenvalue weighted by Crippen LogP contribution is -2.45. The molecule has 1 aromatic heterocycles. The largest absolute Gasteiger partial charge is 0.468 e. The minimum Gasteiger partial charge on any atom is -0.468 e. The highest BCUT2D eigenvalue weighted by Gasteiger charge is 2.31. The summed E-state index contributed by atoms with van der Waals surface area (Å²) < 4.78 is 31.1. The molecule has 3 heterocycles. The van der Waals surface area contributed by atoms with Crippen molar-refractivity contribution in [2.24, 2.45) is 5.92 Å². The minimum absolute atomic E-state index is 0.0251. The lowest BCUT2D eigenvalue weighted by atomic mass is 9.97. The minimum atomic E-state index is -3.16. The summed E-state index contributed by atoms with van der Waals surface area (Å²) in [5.41, 5.74) is 0. The van der Waals surface area contributed by atoms with Crippen LogP contribution in [0.4, 0.5) is 0 Å². The number of amides is 1. The van der Waals surface area contributed by atoms with Gasteiger partial charge >= 0.3 is 0 Å². The third kappa shape index (κ3) is 5.12. The van der Waals surface area contributed by atoms with Gasteiger partial charge in [0.15, 0.2) is 0 Å². The van der Waals surface area contributed by atoms with Crippen molar-refractivity contribution in [2.45, 2.75) is 45.1 Å². The van der Waals surface area contributed by atoms with Gasteiger partial charge in [0, 0.05) is 25.6 Å². The number of likely N-dealkylation sites (tertiary alicyclic amines) is 1. The first-order valence-corrected chi connectivity index (χ1v) is 11.6. The van der Waals surface area contributed by atoms with E-state index in [1.165, 1.54) is 23.6 Å². The summed E-state index contributed by atoms with van der Waals surface area (Å²) in [4.78, 5) is 15.0. The Hall–Kier alpha value is -1.38. The first-order valence-electron chi connectivity index (χ1n) is 10.0. The van der Waals surface area contributed by atoms with Gasteiger partial charge in [-0.05, 0) is 57.8 Å².